The summed E-state index contributed by atoms with van der Waals surface area (Å²) >= 11 is 0. The number of fused-ring (bicyclic) bond motifs is 1. The van der Waals surface area contributed by atoms with Gasteiger partial charge < -0.3 is 14.4 Å². The van der Waals surface area contributed by atoms with E-state index in [1.807, 2.05) is 0 Å². The molecule has 0 aliphatic carbocycles. The Morgan fingerprint density at radius 1 is 1.00 bits per heavy atom. The molecule has 0 radical (unpaired) electrons. The second-order valence-electron chi connectivity index (χ2n) is 6.62. The van der Waals surface area contributed by atoms with Crippen LogP contribution in [0, 0.1) is 5.82 Å². The molecule has 2 aromatic rings. The number of rotatable bonds is 4. The third kappa shape index (κ3) is 4.11. The van der Waals surface area contributed by atoms with E-state index in [0.717, 1.165) is 31.9 Å². The Balaban J connectivity index is 1.35. The first kappa shape index (κ1) is 17.5. The predicted molar refractivity (Wildman–Crippen MR) is 101 cm³/mol. The van der Waals surface area contributed by atoms with Crippen LogP contribution in [0.1, 0.15) is 10.4 Å². The van der Waals surface area contributed by atoms with E-state index in [1.165, 1.54) is 12.1 Å². The molecule has 0 aromatic heterocycles. The van der Waals surface area contributed by atoms with Crippen LogP contribution in [0.5, 0.6) is 11.5 Å². The van der Waals surface area contributed by atoms with Crippen molar-refractivity contribution in [3.05, 3.63) is 66.2 Å². The first-order valence-electron chi connectivity index (χ1n) is 9.04. The van der Waals surface area contributed by atoms with Gasteiger partial charge in [0.15, 0.2) is 17.3 Å². The van der Waals surface area contributed by atoms with Crippen LogP contribution < -0.4 is 14.4 Å². The number of Topliss-reactive ketones (excluding diaryl/α,β-unsaturated/α-hetero) is 1. The number of anilines is 1. The summed E-state index contributed by atoms with van der Waals surface area (Å²) in [6, 6.07) is 11.8. The van der Waals surface area contributed by atoms with Gasteiger partial charge in [0.05, 0.1) is 12.8 Å². The Morgan fingerprint density at radius 2 is 1.78 bits per heavy atom. The lowest BCUT2D eigenvalue weighted by Gasteiger charge is -2.35. The molecule has 1 saturated heterocycles. The quantitative estimate of drug-likeness (QED) is 0.776. The third-order valence-corrected chi connectivity index (χ3v) is 4.82. The highest BCUT2D eigenvalue weighted by Gasteiger charge is 2.21. The molecule has 0 saturated carbocycles. The molecule has 2 aromatic carbocycles. The van der Waals surface area contributed by atoms with Crippen molar-refractivity contribution in [1.82, 2.24) is 4.90 Å². The summed E-state index contributed by atoms with van der Waals surface area (Å²) in [5.74, 6) is 1.04. The monoisotopic (exact) mass is 368 g/mol. The zero-order chi connectivity index (χ0) is 18.6. The van der Waals surface area contributed by atoms with Crippen LogP contribution in [0.15, 0.2) is 54.8 Å². The molecule has 2 aliphatic heterocycles. The molecule has 1 fully saturated rings. The zero-order valence-corrected chi connectivity index (χ0v) is 14.9. The summed E-state index contributed by atoms with van der Waals surface area (Å²) in [4.78, 5) is 17.0. The summed E-state index contributed by atoms with van der Waals surface area (Å²) in [7, 11) is 0. The molecule has 2 heterocycles. The highest BCUT2D eigenvalue weighted by Crippen LogP contribution is 2.30. The molecule has 0 unspecified atom stereocenters. The summed E-state index contributed by atoms with van der Waals surface area (Å²) in [5, 5.41) is 0. The van der Waals surface area contributed by atoms with E-state index in [2.05, 4.69) is 9.80 Å². The second kappa shape index (κ2) is 7.80. The number of carbonyl (C=O) groups is 1. The maximum atomic E-state index is 13.1. The van der Waals surface area contributed by atoms with E-state index in [-0.39, 0.29) is 11.6 Å². The Hall–Kier alpha value is -2.86. The average molecular weight is 368 g/mol. The lowest BCUT2D eigenvalue weighted by Crippen LogP contribution is -2.48. The first-order chi connectivity index (χ1) is 13.2. The van der Waals surface area contributed by atoms with E-state index in [1.54, 1.807) is 42.7 Å². The highest BCUT2D eigenvalue weighted by atomic mass is 19.1. The van der Waals surface area contributed by atoms with Gasteiger partial charge in [0, 0.05) is 37.4 Å². The van der Waals surface area contributed by atoms with Gasteiger partial charge in [-0.1, -0.05) is 0 Å². The van der Waals surface area contributed by atoms with Crippen LogP contribution >= 0.6 is 0 Å². The average Bonchev–Trinajstić information content (AvgIpc) is 2.94. The number of piperazine rings is 1. The van der Waals surface area contributed by atoms with Crippen LogP contribution in [-0.2, 0) is 0 Å². The van der Waals surface area contributed by atoms with Gasteiger partial charge in [0.25, 0.3) is 0 Å². The Morgan fingerprint density at radius 3 is 2.56 bits per heavy atom. The second-order valence-corrected chi connectivity index (χ2v) is 6.62. The molecule has 140 valence electrons. The summed E-state index contributed by atoms with van der Waals surface area (Å²) in [5.41, 5.74) is 1.63. The fraction of sp³-hybridized carbons (Fsp3) is 0.286. The summed E-state index contributed by atoms with van der Waals surface area (Å²) in [6.45, 7) is 4.02. The maximum Gasteiger partial charge on any atom is 0.176 e. The standard InChI is InChI=1S/C21H21FN2O3/c22-17-3-5-18(6-4-17)24-10-8-23(9-11-24)15-19(25)16-2-7-20-21(14-16)27-13-1-12-26-20/h1-7,13-14H,8-12,15H2. The molecular formula is C21H21FN2O3. The number of benzene rings is 2. The SMILES string of the molecule is O=C(CN1CCN(c2ccc(F)cc2)CC1)c1ccc2c(c1)OC=CCO2. The van der Waals surface area contributed by atoms with Crippen molar-refractivity contribution >= 4 is 11.5 Å². The lowest BCUT2D eigenvalue weighted by molar-refractivity contribution is 0.0926. The Labute approximate surface area is 157 Å². The van der Waals surface area contributed by atoms with E-state index in [4.69, 9.17) is 9.47 Å². The highest BCUT2D eigenvalue weighted by molar-refractivity contribution is 5.98. The van der Waals surface area contributed by atoms with E-state index < -0.39 is 0 Å². The molecule has 5 nitrogen and oxygen atoms in total. The van der Waals surface area contributed by atoms with Crippen LogP contribution in [-0.4, -0.2) is 50.0 Å². The zero-order valence-electron chi connectivity index (χ0n) is 14.9. The Kier molecular flexibility index (Phi) is 5.07. The normalized spacial score (nSPS) is 16.9. The molecule has 0 spiro atoms. The molecule has 27 heavy (non-hydrogen) atoms. The van der Waals surface area contributed by atoms with Crippen LogP contribution in [0.4, 0.5) is 10.1 Å². The molecule has 0 amide bonds. The fourth-order valence-electron chi connectivity index (χ4n) is 3.30. The van der Waals surface area contributed by atoms with Crippen LogP contribution in [0.25, 0.3) is 0 Å². The number of halogens is 1. The van der Waals surface area contributed by atoms with Gasteiger partial charge in [-0.2, -0.15) is 0 Å². The predicted octanol–water partition coefficient (Wildman–Crippen LogP) is 3.12. The minimum atomic E-state index is -0.228. The number of ether oxygens (including phenoxy) is 2. The van der Waals surface area contributed by atoms with Crippen molar-refractivity contribution in [1.29, 1.82) is 0 Å². The van der Waals surface area contributed by atoms with Crippen LogP contribution in [0.2, 0.25) is 0 Å². The van der Waals surface area contributed by atoms with Crippen molar-refractivity contribution in [2.24, 2.45) is 0 Å². The molecule has 0 N–H and O–H groups in total. The van der Waals surface area contributed by atoms with Crippen LogP contribution in [0.3, 0.4) is 0 Å². The summed E-state index contributed by atoms with van der Waals surface area (Å²) < 4.78 is 24.1. The molecular weight excluding hydrogens is 347 g/mol. The number of hydrogen-bond acceptors (Lipinski definition) is 5. The maximum absolute atomic E-state index is 13.1. The number of carbonyl (C=O) groups excluding carboxylic acids is 1. The number of ketones is 1. The molecule has 0 bridgehead atoms. The largest absolute Gasteiger partial charge is 0.485 e. The van der Waals surface area contributed by atoms with Gasteiger partial charge >= 0.3 is 0 Å². The topological polar surface area (TPSA) is 42.0 Å². The van der Waals surface area contributed by atoms with E-state index >= 15 is 0 Å². The van der Waals surface area contributed by atoms with Gasteiger partial charge in [-0.05, 0) is 48.5 Å². The van der Waals surface area contributed by atoms with E-state index in [9.17, 15) is 9.18 Å². The lowest BCUT2D eigenvalue weighted by atomic mass is 10.1. The summed E-state index contributed by atoms with van der Waals surface area (Å²) in [6.07, 6.45) is 3.36. The van der Waals surface area contributed by atoms with Crippen molar-refractivity contribution in [3.63, 3.8) is 0 Å². The minimum Gasteiger partial charge on any atom is -0.485 e. The number of hydrogen-bond donors (Lipinski definition) is 0. The molecule has 0 atom stereocenters. The smallest absolute Gasteiger partial charge is 0.176 e. The van der Waals surface area contributed by atoms with Crippen molar-refractivity contribution in [2.75, 3.05) is 44.2 Å². The number of nitrogens with zero attached hydrogens (tertiary/aromatic N) is 2. The van der Waals surface area contributed by atoms with Crippen molar-refractivity contribution in [3.8, 4) is 11.5 Å². The van der Waals surface area contributed by atoms with Crippen molar-refractivity contribution in [2.45, 2.75) is 0 Å². The molecule has 6 heteroatoms. The first-order valence-corrected chi connectivity index (χ1v) is 9.04. The van der Waals surface area contributed by atoms with Gasteiger partial charge in [-0.15, -0.1) is 0 Å². The molecule has 2 aliphatic rings. The van der Waals surface area contributed by atoms with Gasteiger partial charge in [0.1, 0.15) is 12.4 Å². The Bertz CT molecular complexity index is 843. The van der Waals surface area contributed by atoms with Crippen molar-refractivity contribution < 1.29 is 18.7 Å². The fourth-order valence-corrected chi connectivity index (χ4v) is 3.30. The van der Waals surface area contributed by atoms with E-state index in [0.29, 0.717) is 30.2 Å². The van der Waals surface area contributed by atoms with Gasteiger partial charge in [-0.3, -0.25) is 9.69 Å². The molecule has 4 rings (SSSR count). The van der Waals surface area contributed by atoms with Gasteiger partial charge in [-0.25, -0.2) is 4.39 Å². The third-order valence-electron chi connectivity index (χ3n) is 4.82. The minimum absolute atomic E-state index is 0.0601. The van der Waals surface area contributed by atoms with Gasteiger partial charge in [0.2, 0.25) is 0 Å².